The molecule has 1 rings (SSSR count). The predicted octanol–water partition coefficient (Wildman–Crippen LogP) is 3.20. The van der Waals surface area contributed by atoms with Gasteiger partial charge in [0.1, 0.15) is 0 Å². The second-order valence-corrected chi connectivity index (χ2v) is 5.04. The van der Waals surface area contributed by atoms with E-state index in [-0.39, 0.29) is 0 Å². The molecule has 0 aromatic heterocycles. The molecule has 0 saturated heterocycles. The molecule has 0 aromatic rings. The fraction of sp³-hybridized carbons (Fsp3) is 0.867. The van der Waals surface area contributed by atoms with Gasteiger partial charge in [-0.05, 0) is 58.8 Å². The van der Waals surface area contributed by atoms with Crippen LogP contribution in [0.4, 0.5) is 0 Å². The van der Waals surface area contributed by atoms with E-state index in [4.69, 9.17) is 0 Å². The maximum Gasteiger partial charge on any atom is 0.0288 e. The molecule has 100 valence electrons. The number of hydrogen-bond donors (Lipinski definition) is 1. The third-order valence-corrected chi connectivity index (χ3v) is 4.00. The molecule has 1 aliphatic carbocycles. The highest BCUT2D eigenvalue weighted by molar-refractivity contribution is 5.12. The Kier molecular flexibility index (Phi) is 7.54. The van der Waals surface area contributed by atoms with Gasteiger partial charge in [0.05, 0.1) is 0 Å². The lowest BCUT2D eigenvalue weighted by atomic mass is 9.99. The molecule has 1 aliphatic rings. The van der Waals surface area contributed by atoms with Crippen molar-refractivity contribution in [3.8, 4) is 0 Å². The zero-order valence-corrected chi connectivity index (χ0v) is 12.0. The van der Waals surface area contributed by atoms with Crippen LogP contribution < -0.4 is 5.32 Å². The van der Waals surface area contributed by atoms with E-state index in [1.165, 1.54) is 58.2 Å². The number of hydrogen-bond acceptors (Lipinski definition) is 2. The topological polar surface area (TPSA) is 15.3 Å². The Balaban J connectivity index is 2.43. The second kappa shape index (κ2) is 8.71. The molecule has 2 nitrogen and oxygen atoms in total. The summed E-state index contributed by atoms with van der Waals surface area (Å²) in [5, 5.41) is 3.51. The van der Waals surface area contributed by atoms with Crippen molar-refractivity contribution in [2.75, 3.05) is 26.7 Å². The standard InChI is InChI=1S/C15H30N2/c1-4-17(5-2)13-12-15(16-3)14-10-8-6-7-9-11-14/h10,15-16H,4-9,11-13H2,1-3H3. The van der Waals surface area contributed by atoms with Crippen molar-refractivity contribution in [3.05, 3.63) is 11.6 Å². The molecule has 0 heterocycles. The molecule has 0 saturated carbocycles. The fourth-order valence-electron chi connectivity index (χ4n) is 2.72. The van der Waals surface area contributed by atoms with E-state index in [2.05, 4.69) is 37.2 Å². The number of nitrogens with zero attached hydrogens (tertiary/aromatic N) is 1. The lowest BCUT2D eigenvalue weighted by Crippen LogP contribution is -2.33. The van der Waals surface area contributed by atoms with Crippen LogP contribution in [0, 0.1) is 0 Å². The smallest absolute Gasteiger partial charge is 0.0288 e. The Labute approximate surface area is 107 Å². The molecular formula is C15H30N2. The molecular weight excluding hydrogens is 208 g/mol. The average molecular weight is 238 g/mol. The van der Waals surface area contributed by atoms with Crippen LogP contribution in [0.3, 0.4) is 0 Å². The summed E-state index contributed by atoms with van der Waals surface area (Å²) >= 11 is 0. The number of allylic oxidation sites excluding steroid dienone is 1. The number of rotatable bonds is 7. The van der Waals surface area contributed by atoms with E-state index in [1.54, 1.807) is 5.57 Å². The summed E-state index contributed by atoms with van der Waals surface area (Å²) < 4.78 is 0. The van der Waals surface area contributed by atoms with Gasteiger partial charge >= 0.3 is 0 Å². The minimum absolute atomic E-state index is 0.605. The predicted molar refractivity (Wildman–Crippen MR) is 76.4 cm³/mol. The lowest BCUT2D eigenvalue weighted by molar-refractivity contribution is 0.288. The van der Waals surface area contributed by atoms with Crippen LogP contribution in [0.15, 0.2) is 11.6 Å². The van der Waals surface area contributed by atoms with Crippen molar-refractivity contribution in [1.29, 1.82) is 0 Å². The van der Waals surface area contributed by atoms with Crippen LogP contribution in [0.1, 0.15) is 52.4 Å². The van der Waals surface area contributed by atoms with Crippen LogP contribution in [-0.4, -0.2) is 37.6 Å². The zero-order valence-electron chi connectivity index (χ0n) is 12.0. The monoisotopic (exact) mass is 238 g/mol. The Bertz CT molecular complexity index is 219. The van der Waals surface area contributed by atoms with Crippen LogP contribution in [0.2, 0.25) is 0 Å². The van der Waals surface area contributed by atoms with Gasteiger partial charge in [0, 0.05) is 6.04 Å². The molecule has 17 heavy (non-hydrogen) atoms. The number of likely N-dealkylation sites (N-methyl/N-ethyl adjacent to an activating group) is 1. The van der Waals surface area contributed by atoms with Gasteiger partial charge in [0.2, 0.25) is 0 Å². The normalized spacial score (nSPS) is 18.9. The first-order valence-corrected chi connectivity index (χ1v) is 7.40. The third-order valence-electron chi connectivity index (χ3n) is 4.00. The molecule has 1 atom stereocenters. The molecule has 0 spiro atoms. The van der Waals surface area contributed by atoms with Gasteiger partial charge in [0.15, 0.2) is 0 Å². The highest BCUT2D eigenvalue weighted by Gasteiger charge is 2.14. The van der Waals surface area contributed by atoms with Gasteiger partial charge in [0.25, 0.3) is 0 Å². The molecule has 1 N–H and O–H groups in total. The molecule has 0 amide bonds. The van der Waals surface area contributed by atoms with E-state index < -0.39 is 0 Å². The van der Waals surface area contributed by atoms with Gasteiger partial charge < -0.3 is 10.2 Å². The summed E-state index contributed by atoms with van der Waals surface area (Å²) in [6.07, 6.45) is 10.5. The fourth-order valence-corrected chi connectivity index (χ4v) is 2.72. The summed E-state index contributed by atoms with van der Waals surface area (Å²) in [5.74, 6) is 0. The van der Waals surface area contributed by atoms with Crippen molar-refractivity contribution >= 4 is 0 Å². The maximum absolute atomic E-state index is 3.51. The van der Waals surface area contributed by atoms with E-state index >= 15 is 0 Å². The molecule has 2 heteroatoms. The van der Waals surface area contributed by atoms with Crippen molar-refractivity contribution in [3.63, 3.8) is 0 Å². The highest BCUT2D eigenvalue weighted by atomic mass is 15.1. The summed E-state index contributed by atoms with van der Waals surface area (Å²) in [6.45, 7) is 8.07. The van der Waals surface area contributed by atoms with Crippen LogP contribution >= 0.6 is 0 Å². The van der Waals surface area contributed by atoms with Gasteiger partial charge in [-0.15, -0.1) is 0 Å². The van der Waals surface area contributed by atoms with E-state index in [1.807, 2.05) is 0 Å². The molecule has 0 aromatic carbocycles. The number of nitrogens with one attached hydrogen (secondary N) is 1. The minimum Gasteiger partial charge on any atom is -0.313 e. The molecule has 0 bridgehead atoms. The molecule has 1 unspecified atom stereocenters. The van der Waals surface area contributed by atoms with Crippen LogP contribution in [0.25, 0.3) is 0 Å². The van der Waals surface area contributed by atoms with Crippen molar-refractivity contribution in [2.45, 2.75) is 58.4 Å². The molecule has 0 fully saturated rings. The second-order valence-electron chi connectivity index (χ2n) is 5.04. The lowest BCUT2D eigenvalue weighted by Gasteiger charge is -2.24. The van der Waals surface area contributed by atoms with Crippen molar-refractivity contribution < 1.29 is 0 Å². The SMILES string of the molecule is CCN(CC)CCC(NC)C1=CCCCCC1. The van der Waals surface area contributed by atoms with Gasteiger partial charge in [-0.25, -0.2) is 0 Å². The Morgan fingerprint density at radius 1 is 1.24 bits per heavy atom. The van der Waals surface area contributed by atoms with E-state index in [0.29, 0.717) is 6.04 Å². The Hall–Kier alpha value is -0.340. The summed E-state index contributed by atoms with van der Waals surface area (Å²) in [4.78, 5) is 2.52. The first-order chi connectivity index (χ1) is 8.31. The largest absolute Gasteiger partial charge is 0.313 e. The molecule has 0 radical (unpaired) electrons. The molecule has 0 aliphatic heterocycles. The average Bonchev–Trinajstić information content (AvgIpc) is 2.64. The van der Waals surface area contributed by atoms with Crippen LogP contribution in [-0.2, 0) is 0 Å². The summed E-state index contributed by atoms with van der Waals surface area (Å²) in [5.41, 5.74) is 1.66. The highest BCUT2D eigenvalue weighted by Crippen LogP contribution is 2.21. The zero-order chi connectivity index (χ0) is 12.5. The van der Waals surface area contributed by atoms with Crippen LogP contribution in [0.5, 0.6) is 0 Å². The quantitative estimate of drug-likeness (QED) is 0.685. The van der Waals surface area contributed by atoms with E-state index in [9.17, 15) is 0 Å². The third kappa shape index (κ3) is 5.22. The van der Waals surface area contributed by atoms with Gasteiger partial charge in [-0.1, -0.05) is 31.9 Å². The summed E-state index contributed by atoms with van der Waals surface area (Å²) in [6, 6.07) is 0.605. The van der Waals surface area contributed by atoms with Gasteiger partial charge in [-0.2, -0.15) is 0 Å². The Morgan fingerprint density at radius 3 is 2.65 bits per heavy atom. The van der Waals surface area contributed by atoms with Gasteiger partial charge in [-0.3, -0.25) is 0 Å². The minimum atomic E-state index is 0.605. The first-order valence-electron chi connectivity index (χ1n) is 7.40. The maximum atomic E-state index is 3.51. The van der Waals surface area contributed by atoms with Crippen molar-refractivity contribution in [2.24, 2.45) is 0 Å². The van der Waals surface area contributed by atoms with Crippen molar-refractivity contribution in [1.82, 2.24) is 10.2 Å². The Morgan fingerprint density at radius 2 is 2.00 bits per heavy atom. The summed E-state index contributed by atoms with van der Waals surface area (Å²) in [7, 11) is 2.11. The first kappa shape index (κ1) is 14.7. The van der Waals surface area contributed by atoms with E-state index in [0.717, 1.165) is 0 Å².